The van der Waals surface area contributed by atoms with Crippen molar-refractivity contribution in [2.24, 2.45) is 0 Å². The van der Waals surface area contributed by atoms with Crippen LogP contribution in [0.1, 0.15) is 0 Å². The number of halogens is 1. The first-order valence-electron chi connectivity index (χ1n) is 9.57. The molecule has 3 heterocycles. The average Bonchev–Trinajstić information content (AvgIpc) is 3.33. The molecule has 0 aliphatic rings. The quantitative estimate of drug-likeness (QED) is 0.307. The van der Waals surface area contributed by atoms with Crippen molar-refractivity contribution >= 4 is 43.3 Å². The lowest BCUT2D eigenvalue weighted by atomic mass is 10.1. The lowest BCUT2D eigenvalue weighted by Crippen LogP contribution is -2.17. The Morgan fingerprint density at radius 1 is 0.759 bits per heavy atom. The molecule has 6 aromatic rings. The van der Waals surface area contributed by atoms with Crippen LogP contribution in [-0.2, 0) is 0 Å². The van der Waals surface area contributed by atoms with E-state index < -0.39 is 0 Å². The number of para-hydroxylation sites is 1. The molecule has 0 amide bonds. The Hall–Kier alpha value is -3.37. The summed E-state index contributed by atoms with van der Waals surface area (Å²) in [6.45, 7) is 0. The molecule has 3 nitrogen and oxygen atoms in total. The van der Waals surface area contributed by atoms with Crippen LogP contribution >= 0.6 is 15.9 Å². The predicted molar refractivity (Wildman–Crippen MR) is 121 cm³/mol. The van der Waals surface area contributed by atoms with Gasteiger partial charge < -0.3 is 4.98 Å². The number of fused-ring (bicyclic) bond motifs is 5. The number of rotatable bonds is 2. The first kappa shape index (κ1) is 16.6. The summed E-state index contributed by atoms with van der Waals surface area (Å²) in [6.07, 6.45) is 4.31. The highest BCUT2D eigenvalue weighted by molar-refractivity contribution is 9.10. The number of nitrogens with zero attached hydrogens (tertiary/aromatic N) is 2. The summed E-state index contributed by atoms with van der Waals surface area (Å²) in [6, 6.07) is 29.7. The first-order chi connectivity index (χ1) is 14.3. The minimum absolute atomic E-state index is 1.07. The Morgan fingerprint density at radius 2 is 1.52 bits per heavy atom. The molecule has 0 spiro atoms. The molecule has 3 aromatic carbocycles. The van der Waals surface area contributed by atoms with Crippen LogP contribution in [0, 0.1) is 0 Å². The number of imidazole rings is 1. The van der Waals surface area contributed by atoms with Crippen molar-refractivity contribution in [2.45, 2.75) is 0 Å². The molecule has 3 aromatic heterocycles. The molecule has 0 radical (unpaired) electrons. The summed E-state index contributed by atoms with van der Waals surface area (Å²) in [5.41, 5.74) is 6.97. The molecule has 0 aliphatic carbocycles. The van der Waals surface area contributed by atoms with E-state index in [1.807, 2.05) is 0 Å². The van der Waals surface area contributed by atoms with E-state index in [0.29, 0.717) is 0 Å². The molecular formula is C25H17BrN3+. The van der Waals surface area contributed by atoms with Gasteiger partial charge in [0.25, 0.3) is 6.33 Å². The molecule has 0 saturated carbocycles. The molecule has 0 saturated heterocycles. The van der Waals surface area contributed by atoms with Crippen LogP contribution in [0.25, 0.3) is 44.3 Å². The monoisotopic (exact) mass is 438 g/mol. The van der Waals surface area contributed by atoms with Crippen LogP contribution in [0.15, 0.2) is 102 Å². The molecule has 0 fully saturated rings. The number of nitrogens with one attached hydrogen (secondary N) is 1. The Labute approximate surface area is 176 Å². The summed E-state index contributed by atoms with van der Waals surface area (Å²) in [4.78, 5) is 3.66. The van der Waals surface area contributed by atoms with Gasteiger partial charge in [-0.25, -0.2) is 0 Å². The molecule has 0 aliphatic heterocycles. The summed E-state index contributed by atoms with van der Waals surface area (Å²) in [7, 11) is 0. The Bertz CT molecular complexity index is 1490. The number of aromatic amines is 1. The van der Waals surface area contributed by atoms with E-state index in [-0.39, 0.29) is 0 Å². The molecular weight excluding hydrogens is 422 g/mol. The van der Waals surface area contributed by atoms with Crippen molar-refractivity contribution in [2.75, 3.05) is 0 Å². The van der Waals surface area contributed by atoms with Crippen LogP contribution in [-0.4, -0.2) is 9.55 Å². The SMILES string of the molecule is Brc1ccc(-n2c[n+]3ccc4c5ccccc5[nH]c4c3c2-c2ccccc2)cc1. The van der Waals surface area contributed by atoms with E-state index in [2.05, 4.69) is 127 Å². The summed E-state index contributed by atoms with van der Waals surface area (Å²) < 4.78 is 5.55. The van der Waals surface area contributed by atoms with Gasteiger partial charge in [-0.1, -0.05) is 64.5 Å². The Kier molecular flexibility index (Phi) is 3.61. The largest absolute Gasteiger partial charge is 0.351 e. The fourth-order valence-corrected chi connectivity index (χ4v) is 4.45. The van der Waals surface area contributed by atoms with E-state index in [1.54, 1.807) is 0 Å². The standard InChI is InChI=1S/C25H17BrN3/c26-18-10-12-19(13-11-18)29-16-28-15-14-21-20-8-4-5-9-22(20)27-23(21)25(28)24(29)17-6-2-1-3-7-17/h1-16,27H/q+1. The van der Waals surface area contributed by atoms with Gasteiger partial charge >= 0.3 is 0 Å². The lowest BCUT2D eigenvalue weighted by molar-refractivity contribution is -0.510. The summed E-state index contributed by atoms with van der Waals surface area (Å²) in [5, 5.41) is 2.49. The lowest BCUT2D eigenvalue weighted by Gasteiger charge is -2.03. The van der Waals surface area contributed by atoms with Crippen molar-refractivity contribution in [1.29, 1.82) is 0 Å². The Balaban J connectivity index is 1.79. The zero-order chi connectivity index (χ0) is 19.4. The van der Waals surface area contributed by atoms with E-state index in [1.165, 1.54) is 27.5 Å². The third-order valence-electron chi connectivity index (χ3n) is 5.50. The van der Waals surface area contributed by atoms with Crippen molar-refractivity contribution < 1.29 is 4.40 Å². The molecule has 138 valence electrons. The number of pyridine rings is 1. The maximum absolute atomic E-state index is 3.66. The van der Waals surface area contributed by atoms with Gasteiger partial charge in [0.15, 0.2) is 5.69 Å². The second-order valence-corrected chi connectivity index (χ2v) is 8.12. The topological polar surface area (TPSA) is 24.8 Å². The predicted octanol–water partition coefficient (Wildman–Crippen LogP) is 6.28. The number of aromatic nitrogens is 3. The number of hydrogen-bond acceptors (Lipinski definition) is 0. The normalized spacial score (nSPS) is 11.6. The highest BCUT2D eigenvalue weighted by atomic mass is 79.9. The summed E-state index contributed by atoms with van der Waals surface area (Å²) in [5.74, 6) is 0. The smallest absolute Gasteiger partial charge is 0.254 e. The van der Waals surface area contributed by atoms with Crippen molar-refractivity contribution in [3.63, 3.8) is 0 Å². The molecule has 4 heteroatoms. The van der Waals surface area contributed by atoms with E-state index in [9.17, 15) is 0 Å². The minimum atomic E-state index is 1.07. The number of hydrogen-bond donors (Lipinski definition) is 1. The summed E-state index contributed by atoms with van der Waals surface area (Å²) >= 11 is 3.55. The van der Waals surface area contributed by atoms with Gasteiger partial charge in [0, 0.05) is 26.3 Å². The second kappa shape index (κ2) is 6.33. The Morgan fingerprint density at radius 3 is 2.34 bits per heavy atom. The maximum Gasteiger partial charge on any atom is 0.254 e. The van der Waals surface area contributed by atoms with Gasteiger partial charge in [-0.2, -0.15) is 8.97 Å². The van der Waals surface area contributed by atoms with Crippen molar-refractivity contribution in [1.82, 2.24) is 9.55 Å². The van der Waals surface area contributed by atoms with E-state index in [4.69, 9.17) is 0 Å². The van der Waals surface area contributed by atoms with Crippen LogP contribution in [0.4, 0.5) is 0 Å². The number of benzene rings is 3. The maximum atomic E-state index is 3.66. The first-order valence-corrected chi connectivity index (χ1v) is 10.4. The molecule has 1 N–H and O–H groups in total. The van der Waals surface area contributed by atoms with Crippen LogP contribution < -0.4 is 4.40 Å². The fraction of sp³-hybridized carbons (Fsp3) is 0. The third kappa shape index (κ3) is 2.53. The third-order valence-corrected chi connectivity index (χ3v) is 6.03. The van der Waals surface area contributed by atoms with E-state index in [0.717, 1.165) is 21.2 Å². The minimum Gasteiger partial charge on any atom is -0.351 e. The van der Waals surface area contributed by atoms with Crippen LogP contribution in [0.2, 0.25) is 0 Å². The molecule has 0 bridgehead atoms. The van der Waals surface area contributed by atoms with Crippen molar-refractivity contribution in [3.8, 4) is 16.9 Å². The molecule has 0 unspecified atom stereocenters. The van der Waals surface area contributed by atoms with Gasteiger partial charge in [0.05, 0.1) is 11.7 Å². The second-order valence-electron chi connectivity index (χ2n) is 7.21. The zero-order valence-electron chi connectivity index (χ0n) is 15.5. The van der Waals surface area contributed by atoms with Gasteiger partial charge in [-0.15, -0.1) is 0 Å². The van der Waals surface area contributed by atoms with Gasteiger partial charge in [0.2, 0.25) is 5.52 Å². The number of H-pyrrole nitrogens is 1. The van der Waals surface area contributed by atoms with Gasteiger partial charge in [0.1, 0.15) is 5.69 Å². The van der Waals surface area contributed by atoms with Crippen LogP contribution in [0.5, 0.6) is 0 Å². The van der Waals surface area contributed by atoms with E-state index >= 15 is 0 Å². The van der Waals surface area contributed by atoms with Crippen LogP contribution in [0.3, 0.4) is 0 Å². The highest BCUT2D eigenvalue weighted by Crippen LogP contribution is 2.33. The fourth-order valence-electron chi connectivity index (χ4n) is 4.18. The molecule has 6 rings (SSSR count). The van der Waals surface area contributed by atoms with Gasteiger partial charge in [-0.05, 0) is 36.4 Å². The van der Waals surface area contributed by atoms with Crippen molar-refractivity contribution in [3.05, 3.63) is 102 Å². The highest BCUT2D eigenvalue weighted by Gasteiger charge is 2.24. The van der Waals surface area contributed by atoms with Gasteiger partial charge in [-0.3, -0.25) is 0 Å². The molecule has 0 atom stereocenters. The zero-order valence-corrected chi connectivity index (χ0v) is 17.1. The molecule has 29 heavy (non-hydrogen) atoms. The average molecular weight is 439 g/mol.